The Labute approximate surface area is 199 Å². The Morgan fingerprint density at radius 3 is 1.25 bits per heavy atom. The maximum absolute atomic E-state index is 12.9. The third-order valence-corrected chi connectivity index (χ3v) is 7.27. The largest absolute Gasteiger partial charge is 0.289 e. The Morgan fingerprint density at radius 1 is 0.500 bits per heavy atom. The highest BCUT2D eigenvalue weighted by Crippen LogP contribution is 2.23. The van der Waals surface area contributed by atoms with Crippen molar-refractivity contribution in [2.45, 2.75) is 22.6 Å². The molecule has 0 aromatic heterocycles. The third kappa shape index (κ3) is 6.62. The number of hydrogen-bond donors (Lipinski definition) is 0. The summed E-state index contributed by atoms with van der Waals surface area (Å²) >= 11 is 3.65. The molecule has 0 saturated carbocycles. The van der Waals surface area contributed by atoms with Gasteiger partial charge >= 0.3 is 0 Å². The van der Waals surface area contributed by atoms with Gasteiger partial charge in [0.2, 0.25) is 0 Å². The molecule has 4 aromatic carbocycles. The van der Waals surface area contributed by atoms with Crippen LogP contribution in [0.2, 0.25) is 0 Å². The fraction of sp³-hybridized carbons (Fsp3) is 0.138. The van der Waals surface area contributed by atoms with E-state index in [2.05, 4.69) is 72.8 Å². The summed E-state index contributed by atoms with van der Waals surface area (Å²) in [6.07, 6.45) is 2.09. The Bertz CT molecular complexity index is 1010. The van der Waals surface area contributed by atoms with Gasteiger partial charge < -0.3 is 0 Å². The van der Waals surface area contributed by atoms with E-state index < -0.39 is 0 Å². The van der Waals surface area contributed by atoms with Crippen LogP contribution in [0.15, 0.2) is 119 Å². The predicted molar refractivity (Wildman–Crippen MR) is 138 cm³/mol. The van der Waals surface area contributed by atoms with E-state index in [4.69, 9.17) is 0 Å². The van der Waals surface area contributed by atoms with Gasteiger partial charge in [-0.2, -0.15) is 0 Å². The summed E-state index contributed by atoms with van der Waals surface area (Å²) < 4.78 is 0. The first-order valence-electron chi connectivity index (χ1n) is 10.9. The Hall–Kier alpha value is -2.75. The van der Waals surface area contributed by atoms with Crippen LogP contribution < -0.4 is 0 Å². The molecule has 1 nitrogen and oxygen atoms in total. The fourth-order valence-corrected chi connectivity index (χ4v) is 5.24. The van der Waals surface area contributed by atoms with Crippen LogP contribution in [0.4, 0.5) is 0 Å². The molecule has 0 spiro atoms. The van der Waals surface area contributed by atoms with Crippen LogP contribution in [0.5, 0.6) is 0 Å². The average molecular weight is 455 g/mol. The quantitative estimate of drug-likeness (QED) is 0.181. The van der Waals surface area contributed by atoms with E-state index >= 15 is 0 Å². The van der Waals surface area contributed by atoms with Gasteiger partial charge in [0.05, 0.1) is 0 Å². The van der Waals surface area contributed by atoms with Gasteiger partial charge in [-0.3, -0.25) is 4.79 Å². The number of thioether (sulfide) groups is 2. The van der Waals surface area contributed by atoms with Gasteiger partial charge in [0, 0.05) is 32.4 Å². The zero-order valence-corrected chi connectivity index (χ0v) is 19.6. The molecule has 4 aromatic rings. The van der Waals surface area contributed by atoms with Crippen molar-refractivity contribution in [3.05, 3.63) is 131 Å². The van der Waals surface area contributed by atoms with E-state index in [9.17, 15) is 4.79 Å². The lowest BCUT2D eigenvalue weighted by molar-refractivity contribution is 0.103. The molecule has 32 heavy (non-hydrogen) atoms. The summed E-state index contributed by atoms with van der Waals surface area (Å²) in [7, 11) is 0. The van der Waals surface area contributed by atoms with E-state index in [0.717, 1.165) is 35.5 Å². The molecule has 0 N–H and O–H groups in total. The lowest BCUT2D eigenvalue weighted by Crippen LogP contribution is -2.01. The summed E-state index contributed by atoms with van der Waals surface area (Å²) in [6, 6.07) is 37.0. The molecule has 0 aliphatic carbocycles. The summed E-state index contributed by atoms with van der Waals surface area (Å²) in [4.78, 5) is 15.2. The first-order valence-corrected chi connectivity index (χ1v) is 12.8. The first-order chi connectivity index (χ1) is 15.8. The van der Waals surface area contributed by atoms with Gasteiger partial charge in [-0.05, 0) is 72.5 Å². The van der Waals surface area contributed by atoms with E-state index in [0.29, 0.717) is 0 Å². The smallest absolute Gasteiger partial charge is 0.193 e. The van der Waals surface area contributed by atoms with Gasteiger partial charge in [-0.25, -0.2) is 0 Å². The summed E-state index contributed by atoms with van der Waals surface area (Å²) in [6.45, 7) is 0. The Morgan fingerprint density at radius 2 is 0.875 bits per heavy atom. The van der Waals surface area contributed by atoms with Gasteiger partial charge in [-0.1, -0.05) is 60.7 Å². The summed E-state index contributed by atoms with van der Waals surface area (Å²) in [5.41, 5.74) is 4.19. The van der Waals surface area contributed by atoms with Crippen molar-refractivity contribution in [3.8, 4) is 0 Å². The molecule has 3 heteroatoms. The van der Waals surface area contributed by atoms with Crippen LogP contribution in [-0.2, 0) is 12.8 Å². The van der Waals surface area contributed by atoms with Gasteiger partial charge in [-0.15, -0.1) is 23.5 Å². The molecule has 0 radical (unpaired) electrons. The second kappa shape index (κ2) is 11.8. The van der Waals surface area contributed by atoms with Crippen LogP contribution in [0.3, 0.4) is 0 Å². The third-order valence-electron chi connectivity index (χ3n) is 5.24. The minimum absolute atomic E-state index is 0.0756. The molecule has 160 valence electrons. The maximum atomic E-state index is 12.9. The zero-order chi connectivity index (χ0) is 22.0. The number of rotatable bonds is 10. The minimum Gasteiger partial charge on any atom is -0.289 e. The van der Waals surface area contributed by atoms with Crippen LogP contribution >= 0.6 is 23.5 Å². The molecule has 0 saturated heterocycles. The number of hydrogen-bond acceptors (Lipinski definition) is 3. The van der Waals surface area contributed by atoms with Crippen molar-refractivity contribution in [2.75, 3.05) is 11.5 Å². The Balaban J connectivity index is 1.26. The SMILES string of the molecule is O=C(c1ccc(SCCc2ccccc2)cc1)c1ccc(SCCc2ccccc2)cc1. The highest BCUT2D eigenvalue weighted by molar-refractivity contribution is 7.99. The zero-order valence-electron chi connectivity index (χ0n) is 17.9. The molecule has 0 heterocycles. The average Bonchev–Trinajstić information content (AvgIpc) is 2.86. The molecule has 0 aliphatic heterocycles. The van der Waals surface area contributed by atoms with Crippen molar-refractivity contribution >= 4 is 29.3 Å². The molecule has 0 bridgehead atoms. The lowest BCUT2D eigenvalue weighted by atomic mass is 10.0. The first kappa shape index (κ1) is 22.4. The van der Waals surface area contributed by atoms with Crippen LogP contribution in [0.25, 0.3) is 0 Å². The van der Waals surface area contributed by atoms with Crippen molar-refractivity contribution in [1.29, 1.82) is 0 Å². The summed E-state index contributed by atoms with van der Waals surface area (Å²) in [5.74, 6) is 2.13. The molecule has 0 amide bonds. The van der Waals surface area contributed by atoms with Crippen LogP contribution in [0, 0.1) is 0 Å². The topological polar surface area (TPSA) is 17.1 Å². The van der Waals surface area contributed by atoms with Crippen molar-refractivity contribution in [1.82, 2.24) is 0 Å². The van der Waals surface area contributed by atoms with Crippen molar-refractivity contribution in [3.63, 3.8) is 0 Å². The highest BCUT2D eigenvalue weighted by atomic mass is 32.2. The van der Waals surface area contributed by atoms with E-state index in [1.807, 2.05) is 59.9 Å². The van der Waals surface area contributed by atoms with Crippen molar-refractivity contribution < 1.29 is 4.79 Å². The number of carbonyl (C=O) groups is 1. The van der Waals surface area contributed by atoms with E-state index in [-0.39, 0.29) is 5.78 Å². The molecule has 0 fully saturated rings. The minimum atomic E-state index is 0.0756. The fourth-order valence-electron chi connectivity index (χ4n) is 3.43. The maximum Gasteiger partial charge on any atom is 0.193 e. The normalized spacial score (nSPS) is 10.8. The monoisotopic (exact) mass is 454 g/mol. The summed E-state index contributed by atoms with van der Waals surface area (Å²) in [5, 5.41) is 0. The molecule has 4 rings (SSSR count). The highest BCUT2D eigenvalue weighted by Gasteiger charge is 2.09. The molecular weight excluding hydrogens is 428 g/mol. The van der Waals surface area contributed by atoms with E-state index in [1.54, 1.807) is 0 Å². The molecule has 0 unspecified atom stereocenters. The van der Waals surface area contributed by atoms with Crippen LogP contribution in [-0.4, -0.2) is 17.3 Å². The standard InChI is InChI=1S/C29H26OS2/c30-29(25-11-15-27(16-12-25)31-21-19-23-7-3-1-4-8-23)26-13-17-28(18-14-26)32-22-20-24-9-5-2-6-10-24/h1-18H,19-22H2. The van der Waals surface area contributed by atoms with Crippen LogP contribution in [0.1, 0.15) is 27.0 Å². The molecule has 0 aliphatic rings. The van der Waals surface area contributed by atoms with Crippen molar-refractivity contribution in [2.24, 2.45) is 0 Å². The van der Waals surface area contributed by atoms with Gasteiger partial charge in [0.25, 0.3) is 0 Å². The predicted octanol–water partition coefficient (Wildman–Crippen LogP) is 7.59. The second-order valence-electron chi connectivity index (χ2n) is 7.55. The van der Waals surface area contributed by atoms with Gasteiger partial charge in [0.15, 0.2) is 5.78 Å². The Kier molecular flexibility index (Phi) is 8.24. The second-order valence-corrected chi connectivity index (χ2v) is 9.88. The lowest BCUT2D eigenvalue weighted by Gasteiger charge is -2.06. The molecular formula is C29H26OS2. The number of carbonyl (C=O) groups excluding carboxylic acids is 1. The number of ketones is 1. The van der Waals surface area contributed by atoms with Gasteiger partial charge in [0.1, 0.15) is 0 Å². The molecule has 0 atom stereocenters. The van der Waals surface area contributed by atoms with E-state index in [1.165, 1.54) is 20.9 Å². The number of benzene rings is 4. The number of aryl methyl sites for hydroxylation is 2.